The van der Waals surface area contributed by atoms with Gasteiger partial charge in [0.25, 0.3) is 0 Å². The minimum Gasteiger partial charge on any atom is -0.379 e. The molecular formula is C16H23NO4S. The second-order valence-corrected chi connectivity index (χ2v) is 7.79. The highest BCUT2D eigenvalue weighted by molar-refractivity contribution is 7.90. The molecule has 5 nitrogen and oxygen atoms in total. The molecule has 0 aromatic heterocycles. The van der Waals surface area contributed by atoms with Gasteiger partial charge in [-0.2, -0.15) is 8.42 Å². The molecule has 0 spiro atoms. The number of carbonyl (C=O) groups excluding carboxylic acids is 1. The number of ketones is 1. The highest BCUT2D eigenvalue weighted by Crippen LogP contribution is 2.20. The molecule has 1 aromatic rings. The molecule has 1 atom stereocenters. The molecule has 122 valence electrons. The van der Waals surface area contributed by atoms with Gasteiger partial charge in [-0.05, 0) is 17.5 Å². The Hall–Kier alpha value is -1.66. The first-order valence-corrected chi connectivity index (χ1v) is 8.49. The van der Waals surface area contributed by atoms with Crippen molar-refractivity contribution in [3.05, 3.63) is 41.8 Å². The van der Waals surface area contributed by atoms with E-state index >= 15 is 0 Å². The van der Waals surface area contributed by atoms with E-state index in [9.17, 15) is 13.2 Å². The van der Waals surface area contributed by atoms with Gasteiger partial charge < -0.3 is 9.92 Å². The van der Waals surface area contributed by atoms with Crippen molar-refractivity contribution in [3.8, 4) is 5.75 Å². The summed E-state index contributed by atoms with van der Waals surface area (Å²) in [6.07, 6.45) is 1.79. The van der Waals surface area contributed by atoms with E-state index in [0.717, 1.165) is 5.41 Å². The van der Waals surface area contributed by atoms with Gasteiger partial charge >= 0.3 is 10.1 Å². The Morgan fingerprint density at radius 1 is 1.27 bits per heavy atom. The summed E-state index contributed by atoms with van der Waals surface area (Å²) in [4.78, 5) is 11.8. The van der Waals surface area contributed by atoms with Crippen LogP contribution in [-0.4, -0.2) is 20.2 Å². The second kappa shape index (κ2) is 7.56. The minimum atomic E-state index is -3.87. The van der Waals surface area contributed by atoms with Gasteiger partial charge in [0.2, 0.25) is 0 Å². The lowest BCUT2D eigenvalue weighted by Gasteiger charge is -2.17. The fraction of sp³-hybridized carbons (Fsp3) is 0.438. The molecule has 0 radical (unpaired) electrons. The molecule has 0 fully saturated rings. The molecule has 0 heterocycles. The van der Waals surface area contributed by atoms with Crippen molar-refractivity contribution in [1.82, 2.24) is 0 Å². The predicted octanol–water partition coefficient (Wildman–Crippen LogP) is 2.63. The molecule has 6 heteroatoms. The molecule has 0 unspecified atom stereocenters. The van der Waals surface area contributed by atoms with E-state index in [1.165, 1.54) is 18.2 Å². The summed E-state index contributed by atoms with van der Waals surface area (Å²) in [5.74, 6) is 0.232. The van der Waals surface area contributed by atoms with E-state index < -0.39 is 16.2 Å². The topological polar surface area (TPSA) is 86.5 Å². The highest BCUT2D eigenvalue weighted by atomic mass is 32.2. The van der Waals surface area contributed by atoms with Crippen molar-refractivity contribution < 1.29 is 17.4 Å². The number of para-hydroxylation sites is 1. The number of rotatable bonds is 7. The summed E-state index contributed by atoms with van der Waals surface area (Å²) in [6, 6.07) is 7.53. The Morgan fingerprint density at radius 3 is 2.41 bits per heavy atom. The first kappa shape index (κ1) is 18.4. The van der Waals surface area contributed by atoms with E-state index in [2.05, 4.69) is 0 Å². The van der Waals surface area contributed by atoms with Crippen LogP contribution in [0.5, 0.6) is 5.75 Å². The zero-order valence-corrected chi connectivity index (χ0v) is 14.0. The largest absolute Gasteiger partial charge is 0.379 e. The summed E-state index contributed by atoms with van der Waals surface area (Å²) in [5.41, 5.74) is 5.66. The molecule has 0 bridgehead atoms. The van der Waals surface area contributed by atoms with Crippen LogP contribution in [0.3, 0.4) is 0 Å². The van der Waals surface area contributed by atoms with Gasteiger partial charge in [-0.1, -0.05) is 45.0 Å². The van der Waals surface area contributed by atoms with Crippen LogP contribution in [-0.2, 0) is 14.9 Å². The summed E-state index contributed by atoms with van der Waals surface area (Å²) in [5, 5.41) is 0.898. The summed E-state index contributed by atoms with van der Waals surface area (Å²) in [6.45, 7) is 5.89. The zero-order chi connectivity index (χ0) is 16.8. The molecular weight excluding hydrogens is 302 g/mol. The predicted molar refractivity (Wildman–Crippen MR) is 86.8 cm³/mol. The molecule has 1 aromatic carbocycles. The lowest BCUT2D eigenvalue weighted by molar-refractivity contribution is -0.120. The number of hydrogen-bond acceptors (Lipinski definition) is 5. The summed E-state index contributed by atoms with van der Waals surface area (Å²) in [7, 11) is -3.87. The molecule has 0 amide bonds. The average Bonchev–Trinajstić information content (AvgIpc) is 2.35. The third kappa shape index (κ3) is 7.95. The normalized spacial score (nSPS) is 14.0. The van der Waals surface area contributed by atoms with Gasteiger partial charge in [0.15, 0.2) is 0 Å². The van der Waals surface area contributed by atoms with Gasteiger partial charge in [0.05, 0.1) is 5.41 Å². The Kier molecular flexibility index (Phi) is 6.32. The Balaban J connectivity index is 2.57. The van der Waals surface area contributed by atoms with Crippen molar-refractivity contribution in [2.24, 2.45) is 11.1 Å². The number of nitrogens with two attached hydrogens (primary N) is 1. The molecule has 0 saturated heterocycles. The molecule has 0 aliphatic heterocycles. The third-order valence-corrected chi connectivity index (χ3v) is 3.55. The third-order valence-electron chi connectivity index (χ3n) is 2.64. The van der Waals surface area contributed by atoms with Crippen LogP contribution < -0.4 is 9.92 Å². The smallest absolute Gasteiger partial charge is 0.332 e. The van der Waals surface area contributed by atoms with Crippen LogP contribution in [0.25, 0.3) is 0 Å². The van der Waals surface area contributed by atoms with Gasteiger partial charge in [-0.25, -0.2) is 0 Å². The van der Waals surface area contributed by atoms with Crippen LogP contribution in [0.15, 0.2) is 41.8 Å². The van der Waals surface area contributed by atoms with Crippen LogP contribution in [0.1, 0.15) is 33.6 Å². The maximum absolute atomic E-state index is 11.8. The van der Waals surface area contributed by atoms with Crippen molar-refractivity contribution in [1.29, 1.82) is 0 Å². The molecule has 0 saturated carbocycles. The minimum absolute atomic E-state index is 0.00558. The number of Topliss-reactive ketones (excluding diaryl/α,β-unsaturated/α-hetero) is 1. The van der Waals surface area contributed by atoms with Crippen LogP contribution >= 0.6 is 0 Å². The average molecular weight is 325 g/mol. The summed E-state index contributed by atoms with van der Waals surface area (Å²) < 4.78 is 28.4. The molecule has 0 aliphatic carbocycles. The molecule has 1 rings (SSSR count). The van der Waals surface area contributed by atoms with Crippen molar-refractivity contribution >= 4 is 15.9 Å². The Labute approximate surface area is 132 Å². The lowest BCUT2D eigenvalue weighted by atomic mass is 9.88. The van der Waals surface area contributed by atoms with Gasteiger partial charge in [-0.3, -0.25) is 4.79 Å². The van der Waals surface area contributed by atoms with Gasteiger partial charge in [0.1, 0.15) is 11.5 Å². The zero-order valence-electron chi connectivity index (χ0n) is 13.2. The van der Waals surface area contributed by atoms with Crippen LogP contribution in [0.4, 0.5) is 0 Å². The fourth-order valence-corrected chi connectivity index (χ4v) is 2.66. The number of carbonyl (C=O) groups is 1. The van der Waals surface area contributed by atoms with E-state index in [1.54, 1.807) is 18.2 Å². The monoisotopic (exact) mass is 325 g/mol. The number of benzene rings is 1. The van der Waals surface area contributed by atoms with E-state index in [4.69, 9.17) is 9.92 Å². The van der Waals surface area contributed by atoms with E-state index in [-0.39, 0.29) is 23.4 Å². The second-order valence-electron chi connectivity index (χ2n) is 6.36. The van der Waals surface area contributed by atoms with Crippen molar-refractivity contribution in [2.75, 3.05) is 0 Å². The maximum Gasteiger partial charge on any atom is 0.332 e. The Morgan fingerprint density at radius 2 is 1.86 bits per heavy atom. The standard InChI is InChI=1S/C16H23NO4S/c1-16(2,3)12-14(18)11-13(17)9-10-22(19,20)21-15-7-5-4-6-8-15/h4-10,13H,11-12,17H2,1-3H3/t13-/m1/s1. The van der Waals surface area contributed by atoms with Crippen molar-refractivity contribution in [2.45, 2.75) is 39.7 Å². The molecule has 22 heavy (non-hydrogen) atoms. The highest BCUT2D eigenvalue weighted by Gasteiger charge is 2.17. The van der Waals surface area contributed by atoms with Crippen molar-refractivity contribution in [3.63, 3.8) is 0 Å². The maximum atomic E-state index is 11.8. The van der Waals surface area contributed by atoms with E-state index in [0.29, 0.717) is 6.42 Å². The lowest BCUT2D eigenvalue weighted by Crippen LogP contribution is -2.24. The fourth-order valence-electron chi connectivity index (χ4n) is 1.83. The van der Waals surface area contributed by atoms with Crippen LogP contribution in [0, 0.1) is 5.41 Å². The van der Waals surface area contributed by atoms with Crippen LogP contribution in [0.2, 0.25) is 0 Å². The summed E-state index contributed by atoms with van der Waals surface area (Å²) >= 11 is 0. The molecule has 0 aliphatic rings. The Bertz CT molecular complexity index is 615. The van der Waals surface area contributed by atoms with Gasteiger partial charge in [-0.15, -0.1) is 0 Å². The first-order valence-electron chi connectivity index (χ1n) is 7.02. The SMILES string of the molecule is CC(C)(C)CC(=O)C[C@H](N)C=CS(=O)(=O)Oc1ccccc1. The quantitative estimate of drug-likeness (QED) is 0.779. The first-order chi connectivity index (χ1) is 10.1. The molecule has 2 N–H and O–H groups in total. The number of hydrogen-bond donors (Lipinski definition) is 1. The van der Waals surface area contributed by atoms with Gasteiger partial charge in [0, 0.05) is 18.9 Å². The van der Waals surface area contributed by atoms with E-state index in [1.807, 2.05) is 20.8 Å².